The van der Waals surface area contributed by atoms with E-state index in [1.807, 2.05) is 36.7 Å². The molecule has 0 saturated carbocycles. The molecule has 4 aromatic rings. The number of fused-ring (bicyclic) bond motifs is 1. The second-order valence-corrected chi connectivity index (χ2v) is 10.1. The van der Waals surface area contributed by atoms with Crippen molar-refractivity contribution in [1.82, 2.24) is 9.97 Å². The van der Waals surface area contributed by atoms with E-state index in [4.69, 9.17) is 14.7 Å². The van der Waals surface area contributed by atoms with Crippen molar-refractivity contribution in [3.63, 3.8) is 0 Å². The van der Waals surface area contributed by atoms with Gasteiger partial charge >= 0.3 is 0 Å². The number of nitriles is 1. The van der Waals surface area contributed by atoms with Crippen molar-refractivity contribution in [2.45, 2.75) is 45.3 Å². The number of pyridine rings is 2. The van der Waals surface area contributed by atoms with E-state index in [-0.39, 0.29) is 12.2 Å². The van der Waals surface area contributed by atoms with Crippen LogP contribution in [0.4, 0.5) is 5.82 Å². The summed E-state index contributed by atoms with van der Waals surface area (Å²) in [4.78, 5) is 12.2. The third kappa shape index (κ3) is 4.50. The number of rotatable bonds is 4. The van der Waals surface area contributed by atoms with Gasteiger partial charge in [-0.05, 0) is 74.1 Å². The lowest BCUT2D eigenvalue weighted by molar-refractivity contribution is -0.00545. The number of aromatic nitrogens is 2. The number of benzene rings is 2. The number of ether oxygens (including phenoxy) is 1. The highest BCUT2D eigenvalue weighted by Crippen LogP contribution is 2.41. The lowest BCUT2D eigenvalue weighted by Gasteiger charge is -2.36. The summed E-state index contributed by atoms with van der Waals surface area (Å²) in [6, 6.07) is 20.7. The molecular formula is C32H30N4O. The topological polar surface area (TPSA) is 62.0 Å². The highest BCUT2D eigenvalue weighted by atomic mass is 16.5. The fourth-order valence-electron chi connectivity index (χ4n) is 5.74. The minimum atomic E-state index is 0.195. The van der Waals surface area contributed by atoms with E-state index in [0.717, 1.165) is 64.9 Å². The molecule has 184 valence electrons. The van der Waals surface area contributed by atoms with Crippen molar-refractivity contribution >= 4 is 22.3 Å². The lowest BCUT2D eigenvalue weighted by atomic mass is 9.90. The molecule has 37 heavy (non-hydrogen) atoms. The Kier molecular flexibility index (Phi) is 6.20. The number of anilines is 1. The van der Waals surface area contributed by atoms with Gasteiger partial charge in [0.05, 0.1) is 29.4 Å². The maximum absolute atomic E-state index is 9.20. The Morgan fingerprint density at radius 3 is 2.35 bits per heavy atom. The Hall–Kier alpha value is -4.01. The van der Waals surface area contributed by atoms with Gasteiger partial charge in [0.2, 0.25) is 0 Å². The molecule has 1 aliphatic heterocycles. The predicted octanol–water partition coefficient (Wildman–Crippen LogP) is 7.02. The second-order valence-electron chi connectivity index (χ2n) is 10.1. The van der Waals surface area contributed by atoms with Crippen LogP contribution >= 0.6 is 0 Å². The minimum absolute atomic E-state index is 0.195. The molecule has 5 nitrogen and oxygen atoms in total. The van der Waals surface area contributed by atoms with Gasteiger partial charge < -0.3 is 9.64 Å². The summed E-state index contributed by atoms with van der Waals surface area (Å²) >= 11 is 0. The average molecular weight is 487 g/mol. The summed E-state index contributed by atoms with van der Waals surface area (Å²) in [6.07, 6.45) is 10.1. The number of allylic oxidation sites excluding steroid dienone is 2. The van der Waals surface area contributed by atoms with Gasteiger partial charge in [0.25, 0.3) is 0 Å². The van der Waals surface area contributed by atoms with Gasteiger partial charge in [0, 0.05) is 47.6 Å². The fraction of sp³-hybridized carbons (Fsp3) is 0.281. The Morgan fingerprint density at radius 2 is 1.68 bits per heavy atom. The third-order valence-corrected chi connectivity index (χ3v) is 7.39. The van der Waals surface area contributed by atoms with E-state index < -0.39 is 0 Å². The molecule has 2 aromatic heterocycles. The first-order chi connectivity index (χ1) is 18.1. The van der Waals surface area contributed by atoms with Crippen molar-refractivity contribution in [2.75, 3.05) is 18.0 Å². The maximum atomic E-state index is 9.20. The molecule has 5 heteroatoms. The van der Waals surface area contributed by atoms with Crippen molar-refractivity contribution in [3.05, 3.63) is 84.2 Å². The van der Waals surface area contributed by atoms with Crippen LogP contribution < -0.4 is 4.90 Å². The zero-order chi connectivity index (χ0) is 25.4. The van der Waals surface area contributed by atoms with Gasteiger partial charge in [-0.25, -0.2) is 4.98 Å². The van der Waals surface area contributed by atoms with E-state index in [0.29, 0.717) is 5.56 Å². The Bertz CT molecular complexity index is 1510. The monoisotopic (exact) mass is 486 g/mol. The van der Waals surface area contributed by atoms with Crippen LogP contribution in [-0.2, 0) is 4.74 Å². The largest absolute Gasteiger partial charge is 0.372 e. The van der Waals surface area contributed by atoms with E-state index in [1.54, 1.807) is 0 Å². The van der Waals surface area contributed by atoms with Gasteiger partial charge in [-0.15, -0.1) is 0 Å². The zero-order valence-electron chi connectivity index (χ0n) is 21.3. The number of para-hydroxylation sites is 1. The highest BCUT2D eigenvalue weighted by molar-refractivity contribution is 6.04. The molecule has 0 amide bonds. The highest BCUT2D eigenvalue weighted by Gasteiger charge is 2.24. The van der Waals surface area contributed by atoms with Crippen LogP contribution in [0.15, 0.2) is 73.1 Å². The molecule has 0 radical (unpaired) electrons. The van der Waals surface area contributed by atoms with E-state index in [9.17, 15) is 5.26 Å². The molecular weight excluding hydrogens is 456 g/mol. The van der Waals surface area contributed by atoms with Crippen LogP contribution in [-0.4, -0.2) is 35.3 Å². The second kappa shape index (κ2) is 9.80. The van der Waals surface area contributed by atoms with Crippen molar-refractivity contribution < 1.29 is 4.74 Å². The molecule has 6 rings (SSSR count). The number of hydrogen-bond acceptors (Lipinski definition) is 5. The maximum Gasteiger partial charge on any atom is 0.128 e. The van der Waals surface area contributed by atoms with Crippen LogP contribution in [0, 0.1) is 11.3 Å². The molecule has 0 bridgehead atoms. The smallest absolute Gasteiger partial charge is 0.128 e. The van der Waals surface area contributed by atoms with E-state index >= 15 is 0 Å². The van der Waals surface area contributed by atoms with Crippen molar-refractivity contribution in [1.29, 1.82) is 5.26 Å². The molecule has 0 N–H and O–H groups in total. The normalized spacial score (nSPS) is 19.6. The van der Waals surface area contributed by atoms with E-state index in [1.165, 1.54) is 17.6 Å². The fourth-order valence-corrected chi connectivity index (χ4v) is 5.74. The Labute approximate surface area is 218 Å². The van der Waals surface area contributed by atoms with Crippen LogP contribution in [0.1, 0.15) is 44.2 Å². The molecule has 2 aromatic carbocycles. The lowest BCUT2D eigenvalue weighted by Crippen LogP contribution is -2.45. The first-order valence-electron chi connectivity index (χ1n) is 13.1. The molecule has 2 aliphatic rings. The predicted molar refractivity (Wildman–Crippen MR) is 149 cm³/mol. The summed E-state index contributed by atoms with van der Waals surface area (Å²) in [7, 11) is 0. The first-order valence-corrected chi connectivity index (χ1v) is 13.1. The number of morpholine rings is 1. The zero-order valence-corrected chi connectivity index (χ0v) is 21.3. The van der Waals surface area contributed by atoms with Crippen LogP contribution in [0.3, 0.4) is 0 Å². The summed E-state index contributed by atoms with van der Waals surface area (Å²) in [5.74, 6) is 0.990. The number of nitrogens with zero attached hydrogens (tertiary/aromatic N) is 4. The molecule has 1 fully saturated rings. The summed E-state index contributed by atoms with van der Waals surface area (Å²) in [5.41, 5.74) is 8.65. The standard InChI is InChI=1S/C32H30N4O/c1-21-19-36(20-22(2)37-21)30-15-14-26(17-34-30)29-18-35-32-27(24-12-10-23(16-33)11-13-24)8-5-9-28(32)31(29)25-6-3-4-7-25/h5-6,8-15,17-18,21-22H,3-4,7,19-20H2,1-2H3/t21-,22+. The minimum Gasteiger partial charge on any atom is -0.372 e. The van der Waals surface area contributed by atoms with Crippen LogP contribution in [0.5, 0.6) is 0 Å². The van der Waals surface area contributed by atoms with Crippen molar-refractivity contribution in [3.8, 4) is 28.3 Å². The van der Waals surface area contributed by atoms with Crippen LogP contribution in [0.25, 0.3) is 38.7 Å². The van der Waals surface area contributed by atoms with Gasteiger partial charge in [0.15, 0.2) is 0 Å². The SMILES string of the molecule is C[C@@H]1CN(c2ccc(-c3cnc4c(-c5ccc(C#N)cc5)cccc4c3C3=CCCC3)cn2)C[C@H](C)O1. The summed E-state index contributed by atoms with van der Waals surface area (Å²) < 4.78 is 5.90. The number of hydrogen-bond donors (Lipinski definition) is 0. The summed E-state index contributed by atoms with van der Waals surface area (Å²) in [6.45, 7) is 5.94. The molecule has 1 aliphatic carbocycles. The van der Waals surface area contributed by atoms with Crippen molar-refractivity contribution in [2.24, 2.45) is 0 Å². The quantitative estimate of drug-likeness (QED) is 0.310. The van der Waals surface area contributed by atoms with Gasteiger partial charge in [-0.3, -0.25) is 4.98 Å². The molecule has 0 unspecified atom stereocenters. The molecule has 3 heterocycles. The Morgan fingerprint density at radius 1 is 0.892 bits per heavy atom. The van der Waals surface area contributed by atoms with Crippen LogP contribution in [0.2, 0.25) is 0 Å². The first kappa shape index (κ1) is 23.4. The summed E-state index contributed by atoms with van der Waals surface area (Å²) in [5, 5.41) is 10.4. The third-order valence-electron chi connectivity index (χ3n) is 7.39. The molecule has 1 saturated heterocycles. The van der Waals surface area contributed by atoms with E-state index in [2.05, 4.69) is 61.2 Å². The molecule has 0 spiro atoms. The average Bonchev–Trinajstić information content (AvgIpc) is 3.46. The Balaban J connectivity index is 1.44. The van der Waals surface area contributed by atoms with Gasteiger partial charge in [-0.1, -0.05) is 36.4 Å². The van der Waals surface area contributed by atoms with Gasteiger partial charge in [-0.2, -0.15) is 5.26 Å². The molecule has 2 atom stereocenters. The van der Waals surface area contributed by atoms with Gasteiger partial charge in [0.1, 0.15) is 5.82 Å².